The molecule has 0 unspecified atom stereocenters. The zero-order valence-corrected chi connectivity index (χ0v) is 16.7. The van der Waals surface area contributed by atoms with Gasteiger partial charge in [-0.05, 0) is 68.0 Å². The van der Waals surface area contributed by atoms with Gasteiger partial charge in [0.05, 0.1) is 23.0 Å². The van der Waals surface area contributed by atoms with Crippen LogP contribution in [-0.4, -0.2) is 29.0 Å². The fourth-order valence-corrected chi connectivity index (χ4v) is 3.88. The van der Waals surface area contributed by atoms with E-state index in [0.717, 1.165) is 52.8 Å². The molecule has 0 saturated heterocycles. The lowest BCUT2D eigenvalue weighted by Crippen LogP contribution is -2.37. The van der Waals surface area contributed by atoms with Crippen LogP contribution in [0.2, 0.25) is 0 Å². The molecule has 30 heavy (non-hydrogen) atoms. The predicted octanol–water partition coefficient (Wildman–Crippen LogP) is 4.14. The minimum atomic E-state index is -0.847. The van der Waals surface area contributed by atoms with Gasteiger partial charge in [0.1, 0.15) is 5.76 Å². The van der Waals surface area contributed by atoms with Crippen LogP contribution >= 0.6 is 0 Å². The summed E-state index contributed by atoms with van der Waals surface area (Å²) < 4.78 is 11.0. The topological polar surface area (TPSA) is 81.4 Å². The standard InChI is InChI=1S/C24H22N2O4/c1-14(23(27)25-16-9-10-16)30-24(28)21-18-6-2-3-7-20(18)26-22-15(8-11-19(21)22)13-17-5-4-12-29-17/h2-7,12-14,16H,8-11H2,1H3,(H,25,27)/b15-13+/t14-/m0/s1. The molecule has 0 bridgehead atoms. The van der Waals surface area contributed by atoms with Crippen molar-refractivity contribution >= 4 is 34.4 Å². The summed E-state index contributed by atoms with van der Waals surface area (Å²) in [5.41, 5.74) is 3.92. The molecule has 1 N–H and O–H groups in total. The molecule has 2 aliphatic rings. The van der Waals surface area contributed by atoms with E-state index in [4.69, 9.17) is 14.1 Å². The molecule has 2 aromatic heterocycles. The van der Waals surface area contributed by atoms with Crippen molar-refractivity contribution in [1.82, 2.24) is 10.3 Å². The van der Waals surface area contributed by atoms with E-state index in [1.54, 1.807) is 13.2 Å². The van der Waals surface area contributed by atoms with Crippen LogP contribution < -0.4 is 5.32 Å². The number of hydrogen-bond acceptors (Lipinski definition) is 5. The van der Waals surface area contributed by atoms with E-state index in [1.165, 1.54) is 0 Å². The largest absolute Gasteiger partial charge is 0.465 e. The van der Waals surface area contributed by atoms with E-state index < -0.39 is 12.1 Å². The van der Waals surface area contributed by atoms with Crippen LogP contribution in [0.4, 0.5) is 0 Å². The van der Waals surface area contributed by atoms with E-state index in [0.29, 0.717) is 12.0 Å². The molecule has 1 aromatic carbocycles. The van der Waals surface area contributed by atoms with Gasteiger partial charge in [-0.3, -0.25) is 4.79 Å². The number of nitrogens with zero attached hydrogens (tertiary/aromatic N) is 1. The van der Waals surface area contributed by atoms with Crippen molar-refractivity contribution < 1.29 is 18.7 Å². The number of pyridine rings is 1. The minimum Gasteiger partial charge on any atom is -0.465 e. The van der Waals surface area contributed by atoms with Crippen LogP contribution in [0.15, 0.2) is 47.1 Å². The molecule has 1 amide bonds. The van der Waals surface area contributed by atoms with Gasteiger partial charge in [0.2, 0.25) is 0 Å². The molecule has 6 heteroatoms. The zero-order valence-electron chi connectivity index (χ0n) is 16.7. The third-order valence-corrected chi connectivity index (χ3v) is 5.58. The first-order chi connectivity index (χ1) is 14.6. The number of aromatic nitrogens is 1. The first-order valence-electron chi connectivity index (χ1n) is 10.3. The number of esters is 1. The number of allylic oxidation sites excluding steroid dienone is 1. The summed E-state index contributed by atoms with van der Waals surface area (Å²) in [7, 11) is 0. The molecule has 6 nitrogen and oxygen atoms in total. The average Bonchev–Trinajstić information content (AvgIpc) is 3.25. The third kappa shape index (κ3) is 3.49. The summed E-state index contributed by atoms with van der Waals surface area (Å²) in [4.78, 5) is 30.3. The highest BCUT2D eigenvalue weighted by Crippen LogP contribution is 2.38. The van der Waals surface area contributed by atoms with Gasteiger partial charge in [-0.1, -0.05) is 18.2 Å². The Hall–Kier alpha value is -3.41. The number of furan rings is 1. The number of benzene rings is 1. The number of rotatable bonds is 5. The highest BCUT2D eigenvalue weighted by atomic mass is 16.5. The molecule has 152 valence electrons. The van der Waals surface area contributed by atoms with Crippen molar-refractivity contribution in [2.45, 2.75) is 44.8 Å². The third-order valence-electron chi connectivity index (χ3n) is 5.58. The summed E-state index contributed by atoms with van der Waals surface area (Å²) >= 11 is 0. The van der Waals surface area contributed by atoms with Gasteiger partial charge in [-0.25, -0.2) is 9.78 Å². The Bertz CT molecular complexity index is 1160. The molecule has 0 spiro atoms. The molecule has 2 aliphatic carbocycles. The van der Waals surface area contributed by atoms with Crippen molar-refractivity contribution in [2.75, 3.05) is 0 Å². The second-order valence-electron chi connectivity index (χ2n) is 7.85. The zero-order chi connectivity index (χ0) is 20.7. The number of carbonyl (C=O) groups excluding carboxylic acids is 2. The van der Waals surface area contributed by atoms with E-state index in [2.05, 4.69) is 5.32 Å². The Morgan fingerprint density at radius 1 is 1.20 bits per heavy atom. The van der Waals surface area contributed by atoms with Crippen LogP contribution in [0.25, 0.3) is 22.6 Å². The van der Waals surface area contributed by atoms with Crippen molar-refractivity contribution in [3.8, 4) is 0 Å². The van der Waals surface area contributed by atoms with Gasteiger partial charge < -0.3 is 14.5 Å². The quantitative estimate of drug-likeness (QED) is 0.649. The number of para-hydroxylation sites is 1. The monoisotopic (exact) mass is 402 g/mol. The number of hydrogen-bond donors (Lipinski definition) is 1. The predicted molar refractivity (Wildman–Crippen MR) is 113 cm³/mol. The van der Waals surface area contributed by atoms with E-state index >= 15 is 0 Å². The average molecular weight is 402 g/mol. The van der Waals surface area contributed by atoms with Gasteiger partial charge >= 0.3 is 5.97 Å². The van der Waals surface area contributed by atoms with Gasteiger partial charge in [0.25, 0.3) is 5.91 Å². The van der Waals surface area contributed by atoms with Crippen LogP contribution in [0.3, 0.4) is 0 Å². The highest BCUT2D eigenvalue weighted by Gasteiger charge is 2.31. The van der Waals surface area contributed by atoms with Crippen molar-refractivity contribution in [3.05, 3.63) is 65.2 Å². The summed E-state index contributed by atoms with van der Waals surface area (Å²) in [5.74, 6) is 0.0177. The molecule has 1 atom stereocenters. The first kappa shape index (κ1) is 18.6. The second-order valence-corrected chi connectivity index (χ2v) is 7.85. The molecule has 5 rings (SSSR count). The maximum absolute atomic E-state index is 13.2. The first-order valence-corrected chi connectivity index (χ1v) is 10.3. The lowest BCUT2D eigenvalue weighted by Gasteiger charge is -2.16. The molecule has 0 radical (unpaired) electrons. The van der Waals surface area contributed by atoms with Crippen LogP contribution in [0.5, 0.6) is 0 Å². The highest BCUT2D eigenvalue weighted by molar-refractivity contribution is 6.07. The van der Waals surface area contributed by atoms with E-state index in [9.17, 15) is 9.59 Å². The fraction of sp³-hybridized carbons (Fsp3) is 0.292. The fourth-order valence-electron chi connectivity index (χ4n) is 3.88. The number of ether oxygens (including phenoxy) is 1. The maximum Gasteiger partial charge on any atom is 0.339 e. The number of nitrogens with one attached hydrogen (secondary N) is 1. The summed E-state index contributed by atoms with van der Waals surface area (Å²) in [5, 5.41) is 3.63. The van der Waals surface area contributed by atoms with Gasteiger partial charge in [0, 0.05) is 11.4 Å². The van der Waals surface area contributed by atoms with Crippen LogP contribution in [-0.2, 0) is 16.0 Å². The van der Waals surface area contributed by atoms with Crippen LogP contribution in [0, 0.1) is 0 Å². The maximum atomic E-state index is 13.2. The Balaban J connectivity index is 1.53. The van der Waals surface area contributed by atoms with Crippen molar-refractivity contribution in [3.63, 3.8) is 0 Å². The molecule has 2 heterocycles. The van der Waals surface area contributed by atoms with Gasteiger partial charge in [-0.2, -0.15) is 0 Å². The number of fused-ring (bicyclic) bond motifs is 2. The van der Waals surface area contributed by atoms with Crippen LogP contribution in [0.1, 0.15) is 53.6 Å². The van der Waals surface area contributed by atoms with Gasteiger partial charge in [0.15, 0.2) is 6.10 Å². The minimum absolute atomic E-state index is 0.221. The van der Waals surface area contributed by atoms with E-state index in [-0.39, 0.29) is 11.9 Å². The normalized spacial score (nSPS) is 17.7. The van der Waals surface area contributed by atoms with Gasteiger partial charge in [-0.15, -0.1) is 0 Å². The number of carbonyl (C=O) groups is 2. The smallest absolute Gasteiger partial charge is 0.339 e. The number of amides is 1. The van der Waals surface area contributed by atoms with E-state index in [1.807, 2.05) is 42.5 Å². The van der Waals surface area contributed by atoms with Crippen molar-refractivity contribution in [1.29, 1.82) is 0 Å². The lowest BCUT2D eigenvalue weighted by molar-refractivity contribution is -0.129. The Kier molecular flexibility index (Phi) is 4.62. The lowest BCUT2D eigenvalue weighted by atomic mass is 10.0. The SMILES string of the molecule is C[C@H](OC(=O)c1c2c(nc3ccccc13)/C(=C/c1ccco1)CC2)C(=O)NC1CC1. The second kappa shape index (κ2) is 7.44. The Morgan fingerprint density at radius 3 is 2.80 bits per heavy atom. The molecule has 0 aliphatic heterocycles. The summed E-state index contributed by atoms with van der Waals surface area (Å²) in [6.07, 6.45) is 6.17. The molecular formula is C24H22N2O4. The summed E-state index contributed by atoms with van der Waals surface area (Å²) in [6.45, 7) is 1.61. The summed E-state index contributed by atoms with van der Waals surface area (Å²) in [6, 6.07) is 11.5. The molecule has 3 aromatic rings. The molecule has 1 fully saturated rings. The Labute approximate surface area is 173 Å². The molecule has 1 saturated carbocycles. The molecular weight excluding hydrogens is 380 g/mol. The Morgan fingerprint density at radius 2 is 2.03 bits per heavy atom. The van der Waals surface area contributed by atoms with Crippen molar-refractivity contribution in [2.24, 2.45) is 0 Å².